The fourth-order valence-electron chi connectivity index (χ4n) is 1.91. The van der Waals surface area contributed by atoms with Gasteiger partial charge in [-0.25, -0.2) is 0 Å². The monoisotopic (exact) mass is 288 g/mol. The van der Waals surface area contributed by atoms with Gasteiger partial charge in [0.15, 0.2) is 0 Å². The highest BCUT2D eigenvalue weighted by Crippen LogP contribution is 2.24. The van der Waals surface area contributed by atoms with Gasteiger partial charge in [-0.15, -0.1) is 0 Å². The van der Waals surface area contributed by atoms with E-state index >= 15 is 0 Å². The van der Waals surface area contributed by atoms with Crippen LogP contribution in [0.4, 0.5) is 5.69 Å². The fourth-order valence-corrected chi connectivity index (χ4v) is 1.91. The van der Waals surface area contributed by atoms with Crippen LogP contribution in [-0.4, -0.2) is 18.6 Å². The van der Waals surface area contributed by atoms with Gasteiger partial charge in [0.25, 0.3) is 0 Å². The second kappa shape index (κ2) is 7.38. The molecule has 1 unspecified atom stereocenters. The van der Waals surface area contributed by atoms with Crippen molar-refractivity contribution < 1.29 is 13.9 Å². The second-order valence-electron chi connectivity index (χ2n) is 4.59. The maximum atomic E-state index is 12.1. The third-order valence-electron chi connectivity index (χ3n) is 2.97. The average molecular weight is 288 g/mol. The van der Waals surface area contributed by atoms with Crippen molar-refractivity contribution in [1.29, 1.82) is 0 Å². The first kappa shape index (κ1) is 15.0. The van der Waals surface area contributed by atoms with Gasteiger partial charge in [0.05, 0.1) is 25.1 Å². The number of para-hydroxylation sites is 2. The first-order valence-electron chi connectivity index (χ1n) is 6.99. The smallest absolute Gasteiger partial charge is 0.242 e. The molecule has 0 spiro atoms. The quantitative estimate of drug-likeness (QED) is 0.822. The van der Waals surface area contributed by atoms with Crippen molar-refractivity contribution in [3.8, 4) is 5.75 Å². The van der Waals surface area contributed by atoms with E-state index in [-0.39, 0.29) is 11.9 Å². The number of hydrogen-bond acceptors (Lipinski definition) is 4. The lowest BCUT2D eigenvalue weighted by molar-refractivity contribution is -0.121. The molecule has 0 aliphatic heterocycles. The van der Waals surface area contributed by atoms with Crippen LogP contribution >= 0.6 is 0 Å². The van der Waals surface area contributed by atoms with Gasteiger partial charge in [0, 0.05) is 0 Å². The summed E-state index contributed by atoms with van der Waals surface area (Å²) in [5.74, 6) is 1.37. The van der Waals surface area contributed by atoms with Gasteiger partial charge < -0.3 is 19.8 Å². The molecule has 0 fully saturated rings. The number of carbonyl (C=O) groups is 1. The molecule has 1 amide bonds. The number of amides is 1. The van der Waals surface area contributed by atoms with Crippen molar-refractivity contribution >= 4 is 11.6 Å². The fraction of sp³-hybridized carbons (Fsp3) is 0.312. The van der Waals surface area contributed by atoms with E-state index in [4.69, 9.17) is 9.15 Å². The predicted octanol–water partition coefficient (Wildman–Crippen LogP) is 2.80. The molecule has 0 aliphatic carbocycles. The molecule has 1 atom stereocenters. The van der Waals surface area contributed by atoms with Crippen LogP contribution in [0.25, 0.3) is 0 Å². The Labute approximate surface area is 124 Å². The molecule has 112 valence electrons. The van der Waals surface area contributed by atoms with E-state index < -0.39 is 0 Å². The van der Waals surface area contributed by atoms with Crippen molar-refractivity contribution in [3.05, 3.63) is 48.4 Å². The highest BCUT2D eigenvalue weighted by molar-refractivity contribution is 5.84. The molecule has 0 saturated heterocycles. The SMILES string of the molecule is CCOc1ccccc1NC(C)C(=O)NCc1ccco1. The zero-order valence-electron chi connectivity index (χ0n) is 12.3. The molecule has 1 aromatic heterocycles. The third-order valence-corrected chi connectivity index (χ3v) is 2.97. The largest absolute Gasteiger partial charge is 0.492 e. The van der Waals surface area contributed by atoms with Gasteiger partial charge in [-0.1, -0.05) is 12.1 Å². The van der Waals surface area contributed by atoms with Crippen molar-refractivity contribution in [3.63, 3.8) is 0 Å². The topological polar surface area (TPSA) is 63.5 Å². The number of benzene rings is 1. The van der Waals surface area contributed by atoms with Gasteiger partial charge in [-0.05, 0) is 38.1 Å². The molecule has 1 aromatic carbocycles. The lowest BCUT2D eigenvalue weighted by Crippen LogP contribution is -2.37. The number of anilines is 1. The highest BCUT2D eigenvalue weighted by Gasteiger charge is 2.14. The lowest BCUT2D eigenvalue weighted by Gasteiger charge is -2.17. The maximum absolute atomic E-state index is 12.1. The molecule has 5 nitrogen and oxygen atoms in total. The molecule has 2 aromatic rings. The first-order valence-corrected chi connectivity index (χ1v) is 6.99. The first-order chi connectivity index (χ1) is 10.2. The standard InChI is InChI=1S/C16H20N2O3/c1-3-20-15-9-5-4-8-14(15)18-12(2)16(19)17-11-13-7-6-10-21-13/h4-10,12,18H,3,11H2,1-2H3,(H,17,19). The van der Waals surface area contributed by atoms with Crippen molar-refractivity contribution in [2.45, 2.75) is 26.4 Å². The molecule has 1 heterocycles. The van der Waals surface area contributed by atoms with Crippen LogP contribution in [0.3, 0.4) is 0 Å². The highest BCUT2D eigenvalue weighted by atomic mass is 16.5. The Morgan fingerprint density at radius 1 is 1.29 bits per heavy atom. The summed E-state index contributed by atoms with van der Waals surface area (Å²) in [7, 11) is 0. The van der Waals surface area contributed by atoms with Crippen LogP contribution in [0.15, 0.2) is 47.1 Å². The minimum absolute atomic E-state index is 0.0994. The van der Waals surface area contributed by atoms with E-state index in [9.17, 15) is 4.79 Å². The molecule has 2 N–H and O–H groups in total. The second-order valence-corrected chi connectivity index (χ2v) is 4.59. The van der Waals surface area contributed by atoms with E-state index in [1.165, 1.54) is 0 Å². The zero-order valence-corrected chi connectivity index (χ0v) is 12.3. The Hall–Kier alpha value is -2.43. The lowest BCUT2D eigenvalue weighted by atomic mass is 10.2. The summed E-state index contributed by atoms with van der Waals surface area (Å²) in [6.45, 7) is 4.69. The number of rotatable bonds is 7. The normalized spacial score (nSPS) is 11.7. The van der Waals surface area contributed by atoms with Gasteiger partial charge in [0.1, 0.15) is 17.6 Å². The van der Waals surface area contributed by atoms with E-state index in [0.29, 0.717) is 13.2 Å². The Bertz CT molecular complexity index is 567. The summed E-state index contributed by atoms with van der Waals surface area (Å²) < 4.78 is 10.7. The van der Waals surface area contributed by atoms with Crippen LogP contribution in [-0.2, 0) is 11.3 Å². The minimum Gasteiger partial charge on any atom is -0.492 e. The Balaban J connectivity index is 1.91. The molecule has 21 heavy (non-hydrogen) atoms. The Morgan fingerprint density at radius 2 is 2.10 bits per heavy atom. The number of nitrogens with one attached hydrogen (secondary N) is 2. The molecule has 0 bridgehead atoms. The molecule has 0 radical (unpaired) electrons. The number of hydrogen-bond donors (Lipinski definition) is 2. The van der Waals surface area contributed by atoms with Gasteiger partial charge in [-0.2, -0.15) is 0 Å². The summed E-state index contributed by atoms with van der Waals surface area (Å²) in [6.07, 6.45) is 1.58. The van der Waals surface area contributed by atoms with Crippen molar-refractivity contribution in [1.82, 2.24) is 5.32 Å². The molecule has 0 aliphatic rings. The van der Waals surface area contributed by atoms with E-state index in [2.05, 4.69) is 10.6 Å². The van der Waals surface area contributed by atoms with Crippen LogP contribution in [0.5, 0.6) is 5.75 Å². The zero-order chi connectivity index (χ0) is 15.1. The maximum Gasteiger partial charge on any atom is 0.242 e. The predicted molar refractivity (Wildman–Crippen MR) is 81.3 cm³/mol. The van der Waals surface area contributed by atoms with Gasteiger partial charge in [-0.3, -0.25) is 4.79 Å². The Morgan fingerprint density at radius 3 is 2.81 bits per heavy atom. The van der Waals surface area contributed by atoms with Crippen LogP contribution in [0, 0.1) is 0 Å². The van der Waals surface area contributed by atoms with E-state index in [1.807, 2.05) is 37.3 Å². The molecule has 2 rings (SSSR count). The summed E-state index contributed by atoms with van der Waals surface area (Å²) in [6, 6.07) is 10.8. The van der Waals surface area contributed by atoms with E-state index in [0.717, 1.165) is 17.2 Å². The molecule has 5 heteroatoms. The van der Waals surface area contributed by atoms with Crippen molar-refractivity contribution in [2.24, 2.45) is 0 Å². The van der Waals surface area contributed by atoms with Gasteiger partial charge >= 0.3 is 0 Å². The Kier molecular flexibility index (Phi) is 5.26. The summed E-state index contributed by atoms with van der Waals surface area (Å²) >= 11 is 0. The number of ether oxygens (including phenoxy) is 1. The summed E-state index contributed by atoms with van der Waals surface area (Å²) in [5.41, 5.74) is 0.806. The average Bonchev–Trinajstić information content (AvgIpc) is 3.00. The third kappa shape index (κ3) is 4.27. The molecular weight excluding hydrogens is 268 g/mol. The number of carbonyl (C=O) groups excluding carboxylic acids is 1. The summed E-state index contributed by atoms with van der Waals surface area (Å²) in [5, 5.41) is 5.98. The number of furan rings is 1. The molecule has 0 saturated carbocycles. The van der Waals surface area contributed by atoms with E-state index in [1.54, 1.807) is 19.3 Å². The van der Waals surface area contributed by atoms with Crippen LogP contribution in [0.2, 0.25) is 0 Å². The van der Waals surface area contributed by atoms with Crippen LogP contribution in [0.1, 0.15) is 19.6 Å². The van der Waals surface area contributed by atoms with Gasteiger partial charge in [0.2, 0.25) is 5.91 Å². The van der Waals surface area contributed by atoms with Crippen molar-refractivity contribution in [2.75, 3.05) is 11.9 Å². The molecular formula is C16H20N2O3. The van der Waals surface area contributed by atoms with Crippen LogP contribution < -0.4 is 15.4 Å². The summed E-state index contributed by atoms with van der Waals surface area (Å²) in [4.78, 5) is 12.1. The minimum atomic E-state index is -0.374.